The number of hydrogen-bond acceptors (Lipinski definition) is 3. The standard InChI is InChI=1S/C10H18N2O3S/c1-3-10(13)12-9-6-4-5-8(9)7-11-16(2,14)15/h3,8-9,11H,1,4-7H2,2H3,(H,12,13). The second-order valence-corrected chi connectivity index (χ2v) is 5.96. The average Bonchev–Trinajstić information content (AvgIpc) is 2.61. The average molecular weight is 246 g/mol. The van der Waals surface area contributed by atoms with E-state index in [2.05, 4.69) is 16.6 Å². The molecule has 2 unspecified atom stereocenters. The topological polar surface area (TPSA) is 75.3 Å². The van der Waals surface area contributed by atoms with Crippen LogP contribution in [0.4, 0.5) is 0 Å². The Bertz CT molecular complexity index is 364. The van der Waals surface area contributed by atoms with Crippen molar-refractivity contribution in [3.63, 3.8) is 0 Å². The van der Waals surface area contributed by atoms with Crippen LogP contribution in [0, 0.1) is 5.92 Å². The first-order valence-electron chi connectivity index (χ1n) is 5.30. The first-order valence-corrected chi connectivity index (χ1v) is 7.19. The summed E-state index contributed by atoms with van der Waals surface area (Å²) in [5.41, 5.74) is 0. The lowest BCUT2D eigenvalue weighted by Crippen LogP contribution is -2.41. The fraction of sp³-hybridized carbons (Fsp3) is 0.700. The number of hydrogen-bond donors (Lipinski definition) is 2. The number of carbonyl (C=O) groups is 1. The predicted octanol–water partition coefficient (Wildman–Crippen LogP) is 0.00650. The second kappa shape index (κ2) is 5.45. The van der Waals surface area contributed by atoms with Gasteiger partial charge in [0.2, 0.25) is 15.9 Å². The van der Waals surface area contributed by atoms with E-state index in [-0.39, 0.29) is 17.9 Å². The molecule has 0 bridgehead atoms. The molecule has 0 aromatic heterocycles. The van der Waals surface area contributed by atoms with Gasteiger partial charge in [-0.25, -0.2) is 13.1 Å². The monoisotopic (exact) mass is 246 g/mol. The first kappa shape index (κ1) is 13.2. The Morgan fingerprint density at radius 1 is 1.50 bits per heavy atom. The molecule has 2 atom stereocenters. The highest BCUT2D eigenvalue weighted by atomic mass is 32.2. The maximum absolute atomic E-state index is 11.1. The molecule has 0 radical (unpaired) electrons. The molecule has 1 rings (SSSR count). The third kappa shape index (κ3) is 4.32. The molecule has 16 heavy (non-hydrogen) atoms. The molecule has 1 aliphatic rings. The minimum absolute atomic E-state index is 0.0553. The Hall–Kier alpha value is -0.880. The van der Waals surface area contributed by atoms with E-state index in [0.717, 1.165) is 25.5 Å². The van der Waals surface area contributed by atoms with Gasteiger partial charge >= 0.3 is 0 Å². The maximum Gasteiger partial charge on any atom is 0.243 e. The Labute approximate surface area is 96.4 Å². The lowest BCUT2D eigenvalue weighted by Gasteiger charge is -2.20. The first-order chi connectivity index (χ1) is 7.42. The number of rotatable bonds is 5. The summed E-state index contributed by atoms with van der Waals surface area (Å²) in [4.78, 5) is 11.1. The van der Waals surface area contributed by atoms with E-state index < -0.39 is 10.0 Å². The summed E-state index contributed by atoms with van der Waals surface area (Å²) >= 11 is 0. The molecule has 2 N–H and O–H groups in total. The molecule has 0 spiro atoms. The molecular weight excluding hydrogens is 228 g/mol. The number of nitrogens with one attached hydrogen (secondary N) is 2. The minimum Gasteiger partial charge on any atom is -0.350 e. The lowest BCUT2D eigenvalue weighted by molar-refractivity contribution is -0.117. The third-order valence-corrected chi connectivity index (χ3v) is 3.47. The van der Waals surface area contributed by atoms with Crippen LogP contribution >= 0.6 is 0 Å². The molecule has 0 aromatic carbocycles. The van der Waals surface area contributed by atoms with Gasteiger partial charge in [-0.05, 0) is 24.8 Å². The summed E-state index contributed by atoms with van der Waals surface area (Å²) < 4.78 is 24.4. The molecule has 0 heterocycles. The number of carbonyl (C=O) groups excluding carboxylic acids is 1. The smallest absolute Gasteiger partial charge is 0.243 e. The van der Waals surface area contributed by atoms with Crippen LogP contribution in [-0.2, 0) is 14.8 Å². The summed E-state index contributed by atoms with van der Waals surface area (Å²) in [6.45, 7) is 3.78. The Balaban J connectivity index is 2.46. The van der Waals surface area contributed by atoms with Crippen LogP contribution in [0.1, 0.15) is 19.3 Å². The maximum atomic E-state index is 11.1. The van der Waals surface area contributed by atoms with E-state index in [1.165, 1.54) is 6.08 Å². The Morgan fingerprint density at radius 3 is 2.75 bits per heavy atom. The molecular formula is C10H18N2O3S. The van der Waals surface area contributed by atoms with Gasteiger partial charge in [0.05, 0.1) is 6.26 Å². The van der Waals surface area contributed by atoms with Crippen molar-refractivity contribution in [3.05, 3.63) is 12.7 Å². The zero-order valence-corrected chi connectivity index (χ0v) is 10.2. The van der Waals surface area contributed by atoms with E-state index in [4.69, 9.17) is 0 Å². The second-order valence-electron chi connectivity index (χ2n) is 4.13. The van der Waals surface area contributed by atoms with Crippen molar-refractivity contribution in [2.24, 2.45) is 5.92 Å². The van der Waals surface area contributed by atoms with Crippen LogP contribution in [0.5, 0.6) is 0 Å². The largest absolute Gasteiger partial charge is 0.350 e. The summed E-state index contributed by atoms with van der Waals surface area (Å²) in [7, 11) is -3.15. The quantitative estimate of drug-likeness (QED) is 0.671. The van der Waals surface area contributed by atoms with Gasteiger partial charge in [-0.15, -0.1) is 0 Å². The summed E-state index contributed by atoms with van der Waals surface area (Å²) in [5, 5.41) is 2.82. The van der Waals surface area contributed by atoms with E-state index in [1.807, 2.05) is 0 Å². The van der Waals surface area contributed by atoms with Crippen molar-refractivity contribution < 1.29 is 13.2 Å². The van der Waals surface area contributed by atoms with Crippen molar-refractivity contribution in [2.45, 2.75) is 25.3 Å². The van der Waals surface area contributed by atoms with Crippen molar-refractivity contribution in [3.8, 4) is 0 Å². The van der Waals surface area contributed by atoms with E-state index >= 15 is 0 Å². The SMILES string of the molecule is C=CC(=O)NC1CCCC1CNS(C)(=O)=O. The van der Waals surface area contributed by atoms with Crippen LogP contribution in [-0.4, -0.2) is 33.2 Å². The van der Waals surface area contributed by atoms with Crippen LogP contribution in [0.25, 0.3) is 0 Å². The van der Waals surface area contributed by atoms with Gasteiger partial charge in [-0.1, -0.05) is 13.0 Å². The molecule has 92 valence electrons. The number of amides is 1. The van der Waals surface area contributed by atoms with Crippen molar-refractivity contribution >= 4 is 15.9 Å². The van der Waals surface area contributed by atoms with Gasteiger partial charge < -0.3 is 5.32 Å². The molecule has 1 fully saturated rings. The molecule has 0 aromatic rings. The van der Waals surface area contributed by atoms with Gasteiger partial charge in [-0.2, -0.15) is 0 Å². The van der Waals surface area contributed by atoms with Crippen LogP contribution < -0.4 is 10.0 Å². The fourth-order valence-corrected chi connectivity index (χ4v) is 2.49. The normalized spacial score (nSPS) is 25.3. The van der Waals surface area contributed by atoms with Crippen LogP contribution in [0.3, 0.4) is 0 Å². The van der Waals surface area contributed by atoms with Gasteiger partial charge in [0.15, 0.2) is 0 Å². The molecule has 1 aliphatic carbocycles. The highest BCUT2D eigenvalue weighted by Crippen LogP contribution is 2.25. The van der Waals surface area contributed by atoms with Crippen LogP contribution in [0.15, 0.2) is 12.7 Å². The highest BCUT2D eigenvalue weighted by Gasteiger charge is 2.28. The zero-order valence-electron chi connectivity index (χ0n) is 9.40. The van der Waals surface area contributed by atoms with E-state index in [0.29, 0.717) is 6.54 Å². The molecule has 1 amide bonds. The number of sulfonamides is 1. The summed E-state index contributed by atoms with van der Waals surface area (Å²) in [6.07, 6.45) is 5.22. The zero-order chi connectivity index (χ0) is 12.2. The van der Waals surface area contributed by atoms with Gasteiger partial charge in [0, 0.05) is 12.6 Å². The molecule has 1 saturated carbocycles. The van der Waals surface area contributed by atoms with Gasteiger partial charge in [-0.3, -0.25) is 4.79 Å². The molecule has 0 saturated heterocycles. The Morgan fingerprint density at radius 2 is 2.19 bits per heavy atom. The highest BCUT2D eigenvalue weighted by molar-refractivity contribution is 7.88. The molecule has 0 aliphatic heterocycles. The molecule has 5 nitrogen and oxygen atoms in total. The lowest BCUT2D eigenvalue weighted by atomic mass is 10.0. The minimum atomic E-state index is -3.15. The van der Waals surface area contributed by atoms with Crippen LogP contribution in [0.2, 0.25) is 0 Å². The van der Waals surface area contributed by atoms with Crippen molar-refractivity contribution in [1.82, 2.24) is 10.0 Å². The predicted molar refractivity (Wildman–Crippen MR) is 62.3 cm³/mol. The van der Waals surface area contributed by atoms with Crippen molar-refractivity contribution in [2.75, 3.05) is 12.8 Å². The third-order valence-electron chi connectivity index (χ3n) is 2.78. The van der Waals surface area contributed by atoms with Gasteiger partial charge in [0.25, 0.3) is 0 Å². The van der Waals surface area contributed by atoms with E-state index in [1.54, 1.807) is 0 Å². The summed E-state index contributed by atoms with van der Waals surface area (Å²) in [5.74, 6) is -0.0186. The van der Waals surface area contributed by atoms with E-state index in [9.17, 15) is 13.2 Å². The Kier molecular flexibility index (Phi) is 4.49. The molecule has 6 heteroatoms. The van der Waals surface area contributed by atoms with Gasteiger partial charge in [0.1, 0.15) is 0 Å². The summed E-state index contributed by atoms with van der Waals surface area (Å²) in [6, 6.07) is 0.0553. The fourth-order valence-electron chi connectivity index (χ4n) is 1.97. The van der Waals surface area contributed by atoms with Crippen molar-refractivity contribution in [1.29, 1.82) is 0 Å².